The van der Waals surface area contributed by atoms with Gasteiger partial charge in [-0.25, -0.2) is 13.4 Å². The van der Waals surface area contributed by atoms with E-state index < -0.39 is 16.1 Å². The molecule has 1 amide bonds. The van der Waals surface area contributed by atoms with E-state index in [0.29, 0.717) is 35.7 Å². The lowest BCUT2D eigenvalue weighted by Crippen LogP contribution is -2.53. The normalized spacial score (nSPS) is 13.9. The Bertz CT molecular complexity index is 1620. The second-order valence-electron chi connectivity index (χ2n) is 8.81. The number of likely N-dealkylation sites (tertiary alicyclic amines) is 1. The Labute approximate surface area is 217 Å². The summed E-state index contributed by atoms with van der Waals surface area (Å²) < 4.78 is 25.9. The van der Waals surface area contributed by atoms with E-state index >= 15 is 0 Å². The molecule has 3 heterocycles. The number of anilines is 5. The van der Waals surface area contributed by atoms with Crippen molar-refractivity contribution in [2.75, 3.05) is 34.7 Å². The number of aryl methyl sites for hydroxylation is 1. The molecule has 192 valence electrons. The van der Waals surface area contributed by atoms with Crippen molar-refractivity contribution in [3.63, 3.8) is 0 Å². The number of carbonyl (C=O) groups excluding carboxylic acids is 1. The molecule has 11 nitrogen and oxygen atoms in total. The molecule has 0 saturated carbocycles. The zero-order valence-electron chi connectivity index (χ0n) is 19.9. The van der Waals surface area contributed by atoms with Gasteiger partial charge in [-0.2, -0.15) is 4.98 Å². The van der Waals surface area contributed by atoms with Gasteiger partial charge in [-0.3, -0.25) is 9.52 Å². The minimum atomic E-state index is -3.49. The van der Waals surface area contributed by atoms with Gasteiger partial charge in [-0.15, -0.1) is 0 Å². The van der Waals surface area contributed by atoms with Gasteiger partial charge in [0.1, 0.15) is 5.02 Å². The third-order valence-electron chi connectivity index (χ3n) is 5.83. The molecule has 0 spiro atoms. The molecule has 4 aromatic rings. The monoisotopic (exact) mass is 541 g/mol. The number of carbonyl (C=O) groups is 1. The van der Waals surface area contributed by atoms with Gasteiger partial charge in [-0.05, 0) is 37.3 Å². The van der Waals surface area contributed by atoms with Crippen LogP contribution in [-0.4, -0.2) is 64.7 Å². The van der Waals surface area contributed by atoms with Crippen molar-refractivity contribution in [2.24, 2.45) is 0 Å². The summed E-state index contributed by atoms with van der Waals surface area (Å²) in [4.78, 5) is 26.4. The van der Waals surface area contributed by atoms with E-state index in [-0.39, 0.29) is 22.7 Å². The number of halogens is 1. The zero-order valence-corrected chi connectivity index (χ0v) is 21.5. The van der Waals surface area contributed by atoms with Crippen molar-refractivity contribution in [1.82, 2.24) is 19.9 Å². The van der Waals surface area contributed by atoms with Gasteiger partial charge < -0.3 is 25.6 Å². The number of benzene rings is 2. The molecule has 2 aromatic heterocycles. The third-order valence-corrected chi connectivity index (χ3v) is 6.69. The van der Waals surface area contributed by atoms with E-state index in [2.05, 4.69) is 30.3 Å². The predicted molar refractivity (Wildman–Crippen MR) is 143 cm³/mol. The van der Waals surface area contributed by atoms with Crippen molar-refractivity contribution in [1.29, 1.82) is 0 Å². The summed E-state index contributed by atoms with van der Waals surface area (Å²) in [6, 6.07) is 12.3. The molecule has 0 unspecified atom stereocenters. The standard InChI is InChI=1S/C24H24ClN7O4S/c1-13-21(23(34)32-11-15(33)12-32)16-8-7-14(9-20(16)27-13)28-24-26-10-17(25)22(30-24)29-18-5-3-4-6-19(18)31-37(2,35)36/h3-10,15,27,31,33H,11-12H2,1-2H3,(H2,26,28,29,30). The van der Waals surface area contributed by atoms with E-state index in [4.69, 9.17) is 11.6 Å². The average molecular weight is 542 g/mol. The molecule has 1 fully saturated rings. The first-order valence-corrected chi connectivity index (χ1v) is 13.6. The Morgan fingerprint density at radius 3 is 2.59 bits per heavy atom. The van der Waals surface area contributed by atoms with Crippen molar-refractivity contribution in [2.45, 2.75) is 13.0 Å². The Hall–Kier alpha value is -3.87. The van der Waals surface area contributed by atoms with Crippen LogP contribution in [0.4, 0.5) is 28.8 Å². The molecular formula is C24H24ClN7O4S. The number of para-hydroxylation sites is 2. The number of aromatic nitrogens is 3. The number of rotatable bonds is 7. The molecule has 2 aromatic carbocycles. The van der Waals surface area contributed by atoms with Crippen LogP contribution in [0.25, 0.3) is 10.9 Å². The number of hydrogen-bond donors (Lipinski definition) is 5. The van der Waals surface area contributed by atoms with Crippen LogP contribution >= 0.6 is 11.6 Å². The van der Waals surface area contributed by atoms with E-state index in [9.17, 15) is 18.3 Å². The zero-order chi connectivity index (χ0) is 26.3. The van der Waals surface area contributed by atoms with Crippen molar-refractivity contribution >= 4 is 67.3 Å². The summed E-state index contributed by atoms with van der Waals surface area (Å²) in [7, 11) is -3.49. The lowest BCUT2D eigenvalue weighted by molar-refractivity contribution is 0.00597. The minimum Gasteiger partial charge on any atom is -0.389 e. The Morgan fingerprint density at radius 2 is 1.89 bits per heavy atom. The highest BCUT2D eigenvalue weighted by molar-refractivity contribution is 7.92. The number of nitrogens with one attached hydrogen (secondary N) is 4. The van der Waals surface area contributed by atoms with Crippen molar-refractivity contribution < 1.29 is 18.3 Å². The number of aromatic amines is 1. The first-order valence-electron chi connectivity index (χ1n) is 11.3. The maximum Gasteiger partial charge on any atom is 0.256 e. The number of aliphatic hydroxyl groups is 1. The fraction of sp³-hybridized carbons (Fsp3) is 0.208. The number of nitrogens with zero attached hydrogens (tertiary/aromatic N) is 3. The molecule has 0 atom stereocenters. The lowest BCUT2D eigenvalue weighted by atomic mass is 10.1. The number of β-amino-alcohol motifs (C(OH)–C–C–N with tert-alkyl or cyclic N) is 1. The first kappa shape index (κ1) is 24.8. The minimum absolute atomic E-state index is 0.114. The molecule has 0 radical (unpaired) electrons. The van der Waals surface area contributed by atoms with Crippen LogP contribution in [0.3, 0.4) is 0 Å². The van der Waals surface area contributed by atoms with Crippen LogP contribution in [0.2, 0.25) is 5.02 Å². The topological polar surface area (TPSA) is 152 Å². The molecule has 0 aliphatic carbocycles. The Balaban J connectivity index is 1.38. The molecule has 1 aliphatic heterocycles. The predicted octanol–water partition coefficient (Wildman–Crippen LogP) is 3.60. The van der Waals surface area contributed by atoms with Crippen LogP contribution in [0.15, 0.2) is 48.7 Å². The molecule has 0 bridgehead atoms. The molecule has 37 heavy (non-hydrogen) atoms. The number of sulfonamides is 1. The van der Waals surface area contributed by atoms with Crippen LogP contribution in [0.1, 0.15) is 16.1 Å². The van der Waals surface area contributed by atoms with Crippen molar-refractivity contribution in [3.8, 4) is 0 Å². The molecule has 5 rings (SSSR count). The number of hydrogen-bond acceptors (Lipinski definition) is 8. The largest absolute Gasteiger partial charge is 0.389 e. The van der Waals surface area contributed by atoms with E-state index in [1.165, 1.54) is 6.20 Å². The van der Waals surface area contributed by atoms with Gasteiger partial charge in [0.05, 0.1) is 35.5 Å². The van der Waals surface area contributed by atoms with Crippen LogP contribution in [0, 0.1) is 6.92 Å². The second kappa shape index (κ2) is 9.54. The van der Waals surface area contributed by atoms with Gasteiger partial charge in [0, 0.05) is 35.4 Å². The highest BCUT2D eigenvalue weighted by Crippen LogP contribution is 2.31. The van der Waals surface area contributed by atoms with Gasteiger partial charge in [0.2, 0.25) is 16.0 Å². The fourth-order valence-corrected chi connectivity index (χ4v) is 4.83. The van der Waals surface area contributed by atoms with Crippen LogP contribution < -0.4 is 15.4 Å². The van der Waals surface area contributed by atoms with E-state index in [0.717, 1.165) is 22.9 Å². The third kappa shape index (κ3) is 5.31. The van der Waals surface area contributed by atoms with Crippen LogP contribution in [-0.2, 0) is 10.0 Å². The molecule has 1 aliphatic rings. The SMILES string of the molecule is Cc1[nH]c2cc(Nc3ncc(Cl)c(Nc4ccccc4NS(C)(=O)=O)n3)ccc2c1C(=O)N1CC(O)C1. The maximum atomic E-state index is 12.9. The summed E-state index contributed by atoms with van der Waals surface area (Å²) >= 11 is 6.30. The summed E-state index contributed by atoms with van der Waals surface area (Å²) in [5, 5.41) is 16.7. The maximum absolute atomic E-state index is 12.9. The van der Waals surface area contributed by atoms with Crippen LogP contribution in [0.5, 0.6) is 0 Å². The smallest absolute Gasteiger partial charge is 0.256 e. The summed E-state index contributed by atoms with van der Waals surface area (Å²) in [6.07, 6.45) is 2.04. The summed E-state index contributed by atoms with van der Waals surface area (Å²) in [5.41, 5.74) is 3.59. The molecule has 1 saturated heterocycles. The van der Waals surface area contributed by atoms with Gasteiger partial charge in [0.15, 0.2) is 5.82 Å². The number of aliphatic hydroxyl groups excluding tert-OH is 1. The lowest BCUT2D eigenvalue weighted by Gasteiger charge is -2.35. The molecule has 5 N–H and O–H groups in total. The molecular weight excluding hydrogens is 518 g/mol. The molecule has 13 heteroatoms. The van der Waals surface area contributed by atoms with Gasteiger partial charge >= 0.3 is 0 Å². The summed E-state index contributed by atoms with van der Waals surface area (Å²) in [5.74, 6) is 0.425. The highest BCUT2D eigenvalue weighted by atomic mass is 35.5. The second-order valence-corrected chi connectivity index (χ2v) is 11.0. The highest BCUT2D eigenvalue weighted by Gasteiger charge is 2.31. The average Bonchev–Trinajstić information content (AvgIpc) is 3.14. The van der Waals surface area contributed by atoms with Crippen molar-refractivity contribution in [3.05, 3.63) is 64.9 Å². The quantitative estimate of drug-likeness (QED) is 0.238. The van der Waals surface area contributed by atoms with E-state index in [1.807, 2.05) is 25.1 Å². The Kier molecular flexibility index (Phi) is 6.40. The first-order chi connectivity index (χ1) is 17.6. The van der Waals surface area contributed by atoms with Gasteiger partial charge in [-0.1, -0.05) is 23.7 Å². The van der Waals surface area contributed by atoms with E-state index in [1.54, 1.807) is 29.2 Å². The number of H-pyrrole nitrogens is 1. The number of fused-ring (bicyclic) bond motifs is 1. The van der Waals surface area contributed by atoms with Gasteiger partial charge in [0.25, 0.3) is 5.91 Å². The number of amides is 1. The fourth-order valence-electron chi connectivity index (χ4n) is 4.12. The Morgan fingerprint density at radius 1 is 1.16 bits per heavy atom. The summed E-state index contributed by atoms with van der Waals surface area (Å²) in [6.45, 7) is 2.51.